The third-order valence-electron chi connectivity index (χ3n) is 2.82. The zero-order valence-electron chi connectivity index (χ0n) is 11.3. The minimum absolute atomic E-state index is 0.0737. The normalized spacial score (nSPS) is 10.4. The molecular formula is C14H13Cl2N3O2. The molecule has 2 rings (SSSR count). The van der Waals surface area contributed by atoms with Crippen LogP contribution >= 0.6 is 23.2 Å². The zero-order valence-corrected chi connectivity index (χ0v) is 12.8. The van der Waals surface area contributed by atoms with Crippen LogP contribution in [0.2, 0.25) is 10.0 Å². The average molecular weight is 326 g/mol. The van der Waals surface area contributed by atoms with Gasteiger partial charge in [0, 0.05) is 18.2 Å². The largest absolute Gasteiger partial charge is 0.370 e. The fraction of sp³-hybridized carbons (Fsp3) is 0.214. The number of hydrogen-bond acceptors (Lipinski definition) is 4. The van der Waals surface area contributed by atoms with E-state index in [1.807, 2.05) is 6.92 Å². The molecule has 0 amide bonds. The van der Waals surface area contributed by atoms with Crippen LogP contribution in [-0.2, 0) is 0 Å². The van der Waals surface area contributed by atoms with E-state index >= 15 is 0 Å². The molecular weight excluding hydrogens is 313 g/mol. The number of nitrogens with zero attached hydrogens (tertiary/aromatic N) is 2. The molecule has 0 radical (unpaired) electrons. The van der Waals surface area contributed by atoms with Crippen LogP contribution in [0.4, 0.5) is 11.5 Å². The summed E-state index contributed by atoms with van der Waals surface area (Å²) >= 11 is 11.8. The maximum absolute atomic E-state index is 11.2. The Morgan fingerprint density at radius 2 is 2.00 bits per heavy atom. The van der Waals surface area contributed by atoms with Crippen LogP contribution in [-0.4, -0.2) is 16.5 Å². The van der Waals surface area contributed by atoms with E-state index in [4.69, 9.17) is 23.2 Å². The van der Waals surface area contributed by atoms with Crippen molar-refractivity contribution in [2.24, 2.45) is 0 Å². The van der Waals surface area contributed by atoms with Gasteiger partial charge in [0.25, 0.3) is 5.69 Å². The second-order valence-electron chi connectivity index (χ2n) is 4.38. The van der Waals surface area contributed by atoms with Crippen molar-refractivity contribution in [2.45, 2.75) is 13.3 Å². The highest BCUT2D eigenvalue weighted by Crippen LogP contribution is 2.33. The molecule has 0 unspecified atom stereocenters. The van der Waals surface area contributed by atoms with Gasteiger partial charge in [0.1, 0.15) is 5.82 Å². The van der Waals surface area contributed by atoms with Crippen LogP contribution in [0.25, 0.3) is 11.3 Å². The van der Waals surface area contributed by atoms with Crippen molar-refractivity contribution in [3.05, 3.63) is 50.5 Å². The molecule has 2 aromatic rings. The Hall–Kier alpha value is -1.85. The summed E-state index contributed by atoms with van der Waals surface area (Å²) in [5, 5.41) is 15.0. The first-order valence-electron chi connectivity index (χ1n) is 6.37. The lowest BCUT2D eigenvalue weighted by molar-refractivity contribution is -0.384. The Morgan fingerprint density at radius 3 is 2.62 bits per heavy atom. The fourth-order valence-electron chi connectivity index (χ4n) is 1.81. The summed E-state index contributed by atoms with van der Waals surface area (Å²) in [6.45, 7) is 2.77. The van der Waals surface area contributed by atoms with Gasteiger partial charge in [-0.15, -0.1) is 0 Å². The van der Waals surface area contributed by atoms with E-state index in [2.05, 4.69) is 10.3 Å². The minimum Gasteiger partial charge on any atom is -0.370 e. The Balaban J connectivity index is 2.51. The van der Waals surface area contributed by atoms with Crippen LogP contribution < -0.4 is 5.32 Å². The highest BCUT2D eigenvalue weighted by Gasteiger charge is 2.18. The lowest BCUT2D eigenvalue weighted by Gasteiger charge is -2.08. The van der Waals surface area contributed by atoms with Crippen LogP contribution in [0.15, 0.2) is 30.3 Å². The first-order chi connectivity index (χ1) is 10.0. The maximum Gasteiger partial charge on any atom is 0.295 e. The molecule has 110 valence electrons. The second kappa shape index (κ2) is 6.74. The van der Waals surface area contributed by atoms with Crippen molar-refractivity contribution < 1.29 is 4.92 Å². The summed E-state index contributed by atoms with van der Waals surface area (Å²) in [7, 11) is 0. The number of anilines is 1. The van der Waals surface area contributed by atoms with Gasteiger partial charge in [-0.1, -0.05) is 36.2 Å². The number of halogens is 2. The minimum atomic E-state index is -0.464. The monoisotopic (exact) mass is 325 g/mol. The quantitative estimate of drug-likeness (QED) is 0.634. The predicted octanol–water partition coefficient (Wildman–Crippen LogP) is 4.79. The molecule has 0 fully saturated rings. The molecule has 1 aromatic heterocycles. The van der Waals surface area contributed by atoms with Crippen molar-refractivity contribution in [3.63, 3.8) is 0 Å². The molecule has 0 spiro atoms. The number of benzene rings is 1. The topological polar surface area (TPSA) is 68.1 Å². The summed E-state index contributed by atoms with van der Waals surface area (Å²) in [4.78, 5) is 15.0. The zero-order chi connectivity index (χ0) is 15.4. The number of aromatic nitrogens is 1. The van der Waals surface area contributed by atoms with Gasteiger partial charge in [0.05, 0.1) is 15.0 Å². The first kappa shape index (κ1) is 15.5. The number of rotatable bonds is 5. The van der Waals surface area contributed by atoms with Gasteiger partial charge >= 0.3 is 0 Å². The smallest absolute Gasteiger partial charge is 0.295 e. The molecule has 0 bridgehead atoms. The van der Waals surface area contributed by atoms with Crippen molar-refractivity contribution in [3.8, 4) is 11.3 Å². The molecule has 0 aliphatic heterocycles. The number of nitrogens with one attached hydrogen (secondary N) is 1. The fourth-order valence-corrected chi connectivity index (χ4v) is 2.10. The molecule has 7 heteroatoms. The standard InChI is InChI=1S/C14H13Cl2N3O2/c1-2-7-17-13-6-5-12(19(20)21)14(18-13)9-3-4-10(15)11(16)8-9/h3-6,8H,2,7H2,1H3,(H,17,18). The van der Waals surface area contributed by atoms with Gasteiger partial charge in [-0.05, 0) is 24.6 Å². The Labute approximate surface area is 132 Å². The maximum atomic E-state index is 11.2. The third kappa shape index (κ3) is 3.62. The highest BCUT2D eigenvalue weighted by molar-refractivity contribution is 6.42. The molecule has 0 atom stereocenters. The van der Waals surface area contributed by atoms with Crippen molar-refractivity contribution in [1.29, 1.82) is 0 Å². The lowest BCUT2D eigenvalue weighted by atomic mass is 10.1. The summed E-state index contributed by atoms with van der Waals surface area (Å²) in [5.74, 6) is 0.587. The molecule has 1 aromatic carbocycles. The van der Waals surface area contributed by atoms with Crippen LogP contribution in [0, 0.1) is 10.1 Å². The third-order valence-corrected chi connectivity index (χ3v) is 3.56. The highest BCUT2D eigenvalue weighted by atomic mass is 35.5. The van der Waals surface area contributed by atoms with Crippen molar-refractivity contribution >= 4 is 34.7 Å². The summed E-state index contributed by atoms with van der Waals surface area (Å²) in [6.07, 6.45) is 0.931. The van der Waals surface area contributed by atoms with E-state index in [9.17, 15) is 10.1 Å². The molecule has 0 saturated carbocycles. The molecule has 0 saturated heterocycles. The number of pyridine rings is 1. The van der Waals surface area contributed by atoms with Crippen molar-refractivity contribution in [2.75, 3.05) is 11.9 Å². The van der Waals surface area contributed by atoms with E-state index in [1.165, 1.54) is 6.07 Å². The summed E-state index contributed by atoms with van der Waals surface area (Å²) < 4.78 is 0. The number of nitro groups is 1. The van der Waals surface area contributed by atoms with Crippen LogP contribution in [0.1, 0.15) is 13.3 Å². The van der Waals surface area contributed by atoms with Gasteiger partial charge < -0.3 is 5.32 Å². The van der Waals surface area contributed by atoms with Gasteiger partial charge in [-0.2, -0.15) is 0 Å². The molecule has 0 aliphatic rings. The SMILES string of the molecule is CCCNc1ccc([N+](=O)[O-])c(-c2ccc(Cl)c(Cl)c2)n1. The molecule has 5 nitrogen and oxygen atoms in total. The lowest BCUT2D eigenvalue weighted by Crippen LogP contribution is -2.04. The van der Waals surface area contributed by atoms with Gasteiger partial charge in [-0.25, -0.2) is 4.98 Å². The Bertz CT molecular complexity index is 677. The van der Waals surface area contributed by atoms with E-state index in [0.717, 1.165) is 13.0 Å². The summed E-state index contributed by atoms with van der Waals surface area (Å²) in [6, 6.07) is 7.85. The predicted molar refractivity (Wildman–Crippen MR) is 85.1 cm³/mol. The van der Waals surface area contributed by atoms with Gasteiger partial charge in [0.15, 0.2) is 5.69 Å². The Kier molecular flexibility index (Phi) is 4.98. The van der Waals surface area contributed by atoms with Crippen LogP contribution in [0.5, 0.6) is 0 Å². The van der Waals surface area contributed by atoms with E-state index in [0.29, 0.717) is 21.4 Å². The molecule has 21 heavy (non-hydrogen) atoms. The second-order valence-corrected chi connectivity index (χ2v) is 5.19. The van der Waals surface area contributed by atoms with E-state index in [1.54, 1.807) is 24.3 Å². The van der Waals surface area contributed by atoms with Crippen LogP contribution in [0.3, 0.4) is 0 Å². The summed E-state index contributed by atoms with van der Waals surface area (Å²) in [5.41, 5.74) is 0.742. The van der Waals surface area contributed by atoms with Crippen molar-refractivity contribution in [1.82, 2.24) is 4.98 Å². The molecule has 1 heterocycles. The number of hydrogen-bond donors (Lipinski definition) is 1. The molecule has 0 aliphatic carbocycles. The van der Waals surface area contributed by atoms with Gasteiger partial charge in [-0.3, -0.25) is 10.1 Å². The molecule has 1 N–H and O–H groups in total. The Morgan fingerprint density at radius 1 is 1.24 bits per heavy atom. The van der Waals surface area contributed by atoms with E-state index in [-0.39, 0.29) is 11.4 Å². The average Bonchev–Trinajstić information content (AvgIpc) is 2.47. The van der Waals surface area contributed by atoms with Gasteiger partial charge in [0.2, 0.25) is 0 Å². The van der Waals surface area contributed by atoms with E-state index < -0.39 is 4.92 Å². The first-order valence-corrected chi connectivity index (χ1v) is 7.13.